The average molecular weight is 415 g/mol. The van der Waals surface area contributed by atoms with Gasteiger partial charge in [-0.05, 0) is 82.7 Å². The molecule has 0 aromatic heterocycles. The van der Waals surface area contributed by atoms with Crippen LogP contribution in [0.25, 0.3) is 11.1 Å². The Morgan fingerprint density at radius 3 is 0.938 bits per heavy atom. The van der Waals surface area contributed by atoms with Gasteiger partial charge in [0.2, 0.25) is 0 Å². The summed E-state index contributed by atoms with van der Waals surface area (Å²) in [6.45, 7) is 0. The lowest BCUT2D eigenvalue weighted by Gasteiger charge is -2.34. The van der Waals surface area contributed by atoms with Gasteiger partial charge in [0.05, 0.1) is 0 Å². The van der Waals surface area contributed by atoms with Crippen molar-refractivity contribution in [1.82, 2.24) is 0 Å². The van der Waals surface area contributed by atoms with Crippen LogP contribution in [-0.2, 0) is 25.7 Å². The fraction of sp³-hybridized carbons (Fsp3) is 0.250. The van der Waals surface area contributed by atoms with Crippen LogP contribution in [-0.4, -0.2) is 0 Å². The Bertz CT molecular complexity index is 1020. The van der Waals surface area contributed by atoms with Gasteiger partial charge in [-0.3, -0.25) is 0 Å². The second-order valence-electron chi connectivity index (χ2n) is 9.68. The maximum Gasteiger partial charge on any atom is -0.0114 e. The average Bonchev–Trinajstić information content (AvgIpc) is 2.75. The van der Waals surface area contributed by atoms with Gasteiger partial charge in [0.15, 0.2) is 0 Å². The number of allylic oxidation sites excluding steroid dienone is 12. The van der Waals surface area contributed by atoms with E-state index in [1.165, 1.54) is 22.3 Å². The maximum absolute atomic E-state index is 2.44. The van der Waals surface area contributed by atoms with Crippen molar-refractivity contribution in [3.05, 3.63) is 132 Å². The molecule has 0 radical (unpaired) electrons. The molecule has 4 atom stereocenters. The van der Waals surface area contributed by atoms with Gasteiger partial charge in [-0.1, -0.05) is 109 Å². The van der Waals surface area contributed by atoms with Crippen LogP contribution < -0.4 is 0 Å². The molecule has 32 heavy (non-hydrogen) atoms. The van der Waals surface area contributed by atoms with E-state index in [-0.39, 0.29) is 0 Å². The van der Waals surface area contributed by atoms with Gasteiger partial charge in [-0.25, -0.2) is 0 Å². The van der Waals surface area contributed by atoms with Crippen LogP contribution in [0.2, 0.25) is 0 Å². The first kappa shape index (κ1) is 19.6. The molecule has 0 unspecified atom stereocenters. The standard InChI is InChI=1S/C32H30/c1-2-6-12-24-20-28-16-10-18-30-22-26-14-8-4-3-7-13-25(26)21-29-17-9-15-27(31(29)32(28)30)19-23(24)11-5-1/h1-18,23-26H,19-22H2/b2-1-,4-3-,11-5-,12-6-,13-7-,14-8-/t23-,24-,25+,26+. The van der Waals surface area contributed by atoms with E-state index < -0.39 is 0 Å². The van der Waals surface area contributed by atoms with Crippen LogP contribution in [0.4, 0.5) is 0 Å². The van der Waals surface area contributed by atoms with E-state index in [4.69, 9.17) is 0 Å². The molecule has 0 saturated heterocycles. The number of benzene rings is 2. The summed E-state index contributed by atoms with van der Waals surface area (Å²) in [5.74, 6) is 2.14. The first-order chi connectivity index (χ1) is 15.9. The van der Waals surface area contributed by atoms with Gasteiger partial charge >= 0.3 is 0 Å². The quantitative estimate of drug-likeness (QED) is 0.422. The minimum atomic E-state index is 0.534. The Morgan fingerprint density at radius 2 is 0.656 bits per heavy atom. The second-order valence-corrected chi connectivity index (χ2v) is 9.68. The zero-order valence-corrected chi connectivity index (χ0v) is 18.5. The molecule has 0 heteroatoms. The van der Waals surface area contributed by atoms with E-state index in [9.17, 15) is 0 Å². The molecular weight excluding hydrogens is 384 g/mol. The Kier molecular flexibility index (Phi) is 5.15. The van der Waals surface area contributed by atoms with Crippen LogP contribution in [0.15, 0.2) is 109 Å². The highest BCUT2D eigenvalue weighted by molar-refractivity contribution is 5.78. The molecule has 2 aromatic carbocycles. The molecule has 6 rings (SSSR count). The maximum atomic E-state index is 2.44. The van der Waals surface area contributed by atoms with Crippen molar-refractivity contribution in [3.8, 4) is 11.1 Å². The predicted octanol–water partition coefficient (Wildman–Crippen LogP) is 7.38. The summed E-state index contributed by atoms with van der Waals surface area (Å²) >= 11 is 0. The molecule has 0 nitrogen and oxygen atoms in total. The molecule has 0 amide bonds. The van der Waals surface area contributed by atoms with Gasteiger partial charge in [0, 0.05) is 0 Å². The first-order valence-corrected chi connectivity index (χ1v) is 12.1. The number of hydrogen-bond donors (Lipinski definition) is 0. The van der Waals surface area contributed by atoms with Crippen LogP contribution >= 0.6 is 0 Å². The lowest BCUT2D eigenvalue weighted by molar-refractivity contribution is 0.455. The predicted molar refractivity (Wildman–Crippen MR) is 135 cm³/mol. The SMILES string of the molecule is C1=C\C=C/[C@@H]2Cc3cccc4c3-c3c(cccc3C[C@@H]3\C=C/C=C\C=C/[C@H]3C4)C[C@H]2\C=C/1. The third-order valence-electron chi connectivity index (χ3n) is 7.75. The fourth-order valence-electron chi connectivity index (χ4n) is 6.18. The summed E-state index contributed by atoms with van der Waals surface area (Å²) < 4.78 is 0. The summed E-state index contributed by atoms with van der Waals surface area (Å²) in [6.07, 6.45) is 31.8. The van der Waals surface area contributed by atoms with E-state index in [0.717, 1.165) is 25.7 Å². The van der Waals surface area contributed by atoms with E-state index in [2.05, 4.69) is 109 Å². The van der Waals surface area contributed by atoms with Crippen LogP contribution in [0, 0.1) is 23.7 Å². The monoisotopic (exact) mass is 414 g/mol. The largest absolute Gasteiger partial charge is 0.0805 e. The van der Waals surface area contributed by atoms with Crippen LogP contribution in [0.5, 0.6) is 0 Å². The fourth-order valence-corrected chi connectivity index (χ4v) is 6.18. The van der Waals surface area contributed by atoms with E-state index in [1.807, 2.05) is 0 Å². The van der Waals surface area contributed by atoms with Crippen molar-refractivity contribution < 1.29 is 0 Å². The highest BCUT2D eigenvalue weighted by Gasteiger charge is 2.31. The lowest BCUT2D eigenvalue weighted by atomic mass is 9.70. The van der Waals surface area contributed by atoms with Crippen molar-refractivity contribution in [1.29, 1.82) is 0 Å². The molecule has 0 fully saturated rings. The van der Waals surface area contributed by atoms with Crippen molar-refractivity contribution in [2.75, 3.05) is 0 Å². The minimum Gasteiger partial charge on any atom is -0.0805 e. The van der Waals surface area contributed by atoms with Crippen molar-refractivity contribution >= 4 is 0 Å². The summed E-state index contributed by atoms with van der Waals surface area (Å²) in [6, 6.07) is 14.2. The van der Waals surface area contributed by atoms with Gasteiger partial charge in [-0.15, -0.1) is 0 Å². The first-order valence-electron chi connectivity index (χ1n) is 12.1. The lowest BCUT2D eigenvalue weighted by Crippen LogP contribution is -2.24. The summed E-state index contributed by atoms with van der Waals surface area (Å²) in [5, 5.41) is 0. The third-order valence-corrected chi connectivity index (χ3v) is 7.75. The molecule has 2 aromatic rings. The molecule has 0 heterocycles. The number of hydrogen-bond acceptors (Lipinski definition) is 0. The molecular formula is C32H30. The molecule has 0 saturated carbocycles. The smallest absolute Gasteiger partial charge is 0.0114 e. The van der Waals surface area contributed by atoms with E-state index in [1.54, 1.807) is 11.1 Å². The number of rotatable bonds is 0. The Balaban J connectivity index is 1.57. The van der Waals surface area contributed by atoms with Crippen LogP contribution in [0.3, 0.4) is 0 Å². The summed E-state index contributed by atoms with van der Waals surface area (Å²) in [4.78, 5) is 0. The topological polar surface area (TPSA) is 0 Å². The van der Waals surface area contributed by atoms with E-state index >= 15 is 0 Å². The van der Waals surface area contributed by atoms with Gasteiger partial charge < -0.3 is 0 Å². The van der Waals surface area contributed by atoms with Crippen molar-refractivity contribution in [2.45, 2.75) is 25.7 Å². The third kappa shape index (κ3) is 3.58. The van der Waals surface area contributed by atoms with Crippen molar-refractivity contribution in [2.24, 2.45) is 23.7 Å². The van der Waals surface area contributed by atoms with Gasteiger partial charge in [0.1, 0.15) is 0 Å². The Labute approximate surface area is 192 Å². The molecule has 4 aliphatic rings. The molecule has 0 bridgehead atoms. The highest BCUT2D eigenvalue weighted by atomic mass is 14.3. The van der Waals surface area contributed by atoms with Crippen molar-refractivity contribution in [3.63, 3.8) is 0 Å². The summed E-state index contributed by atoms with van der Waals surface area (Å²) in [5.41, 5.74) is 9.18. The molecule has 0 N–H and O–H groups in total. The van der Waals surface area contributed by atoms with Gasteiger partial charge in [0.25, 0.3) is 0 Å². The number of fused-ring (bicyclic) bond motifs is 2. The Morgan fingerprint density at radius 1 is 0.375 bits per heavy atom. The zero-order valence-electron chi connectivity index (χ0n) is 18.5. The molecule has 0 aliphatic heterocycles. The van der Waals surface area contributed by atoms with Crippen LogP contribution in [0.1, 0.15) is 22.3 Å². The second kappa shape index (κ2) is 8.43. The minimum absolute atomic E-state index is 0.534. The zero-order chi connectivity index (χ0) is 21.3. The highest BCUT2D eigenvalue weighted by Crippen LogP contribution is 2.44. The normalized spacial score (nSPS) is 33.4. The molecule has 0 spiro atoms. The summed E-state index contributed by atoms with van der Waals surface area (Å²) in [7, 11) is 0. The van der Waals surface area contributed by atoms with E-state index in [0.29, 0.717) is 23.7 Å². The van der Waals surface area contributed by atoms with Gasteiger partial charge in [-0.2, -0.15) is 0 Å². The molecule has 158 valence electrons. The molecule has 4 aliphatic carbocycles. The Hall–Kier alpha value is -3.12.